The summed E-state index contributed by atoms with van der Waals surface area (Å²) in [6.07, 6.45) is 2.03. The first-order valence-electron chi connectivity index (χ1n) is 7.46. The molecule has 1 heterocycles. The zero-order chi connectivity index (χ0) is 16.9. The molecule has 0 bridgehead atoms. The van der Waals surface area contributed by atoms with Gasteiger partial charge in [0, 0.05) is 6.42 Å². The zero-order valence-electron chi connectivity index (χ0n) is 12.9. The number of benzene rings is 2. The Labute approximate surface area is 145 Å². The van der Waals surface area contributed by atoms with Gasteiger partial charge in [-0.15, -0.1) is 0 Å². The van der Waals surface area contributed by atoms with E-state index in [2.05, 4.69) is 0 Å². The van der Waals surface area contributed by atoms with Crippen molar-refractivity contribution in [1.29, 1.82) is 0 Å². The van der Waals surface area contributed by atoms with Gasteiger partial charge in [0.1, 0.15) is 5.76 Å². The fraction of sp³-hybridized carbons (Fsp3) is 0.0526. The Balaban J connectivity index is 1.92. The van der Waals surface area contributed by atoms with Crippen LogP contribution in [0.4, 0.5) is 5.69 Å². The lowest BCUT2D eigenvalue weighted by Crippen LogP contribution is -2.40. The van der Waals surface area contributed by atoms with Crippen molar-refractivity contribution in [2.45, 2.75) is 6.42 Å². The van der Waals surface area contributed by atoms with Gasteiger partial charge in [0.15, 0.2) is 5.11 Å². The standard InChI is InChI=1S/C19H16N2O2S/c20-19(24)21(15-9-5-2-6-10-15)18(22)16-11-12-23-17(16)13-14-7-3-1-4-8-14/h1-12H,13H2,(H2,20,24). The fourth-order valence-electron chi connectivity index (χ4n) is 2.49. The summed E-state index contributed by atoms with van der Waals surface area (Å²) < 4.78 is 5.52. The van der Waals surface area contributed by atoms with E-state index in [0.29, 0.717) is 23.4 Å². The molecule has 2 N–H and O–H groups in total. The van der Waals surface area contributed by atoms with Gasteiger partial charge in [0.25, 0.3) is 5.91 Å². The first-order chi connectivity index (χ1) is 11.7. The molecule has 120 valence electrons. The second-order valence-electron chi connectivity index (χ2n) is 5.23. The van der Waals surface area contributed by atoms with E-state index in [-0.39, 0.29) is 11.0 Å². The first-order valence-corrected chi connectivity index (χ1v) is 7.87. The number of furan rings is 1. The van der Waals surface area contributed by atoms with Crippen molar-refractivity contribution in [3.63, 3.8) is 0 Å². The molecule has 5 heteroatoms. The predicted molar refractivity (Wildman–Crippen MR) is 98.0 cm³/mol. The molecule has 0 aliphatic carbocycles. The number of hydrogen-bond donors (Lipinski definition) is 1. The van der Waals surface area contributed by atoms with Crippen LogP contribution in [0, 0.1) is 0 Å². The van der Waals surface area contributed by atoms with Crippen molar-refractivity contribution in [2.24, 2.45) is 5.73 Å². The summed E-state index contributed by atoms with van der Waals surface area (Å²) in [5, 5.41) is -0.00180. The molecule has 1 aromatic heterocycles. The monoisotopic (exact) mass is 336 g/mol. The van der Waals surface area contributed by atoms with Crippen LogP contribution in [0.2, 0.25) is 0 Å². The van der Waals surface area contributed by atoms with Crippen molar-refractivity contribution >= 4 is 28.9 Å². The van der Waals surface area contributed by atoms with Crippen LogP contribution in [0.25, 0.3) is 0 Å². The minimum atomic E-state index is -0.298. The number of hydrogen-bond acceptors (Lipinski definition) is 3. The van der Waals surface area contributed by atoms with Crippen LogP contribution in [0.5, 0.6) is 0 Å². The van der Waals surface area contributed by atoms with E-state index in [1.807, 2.05) is 48.5 Å². The van der Waals surface area contributed by atoms with Crippen LogP contribution in [-0.4, -0.2) is 11.0 Å². The Hall–Kier alpha value is -2.92. The summed E-state index contributed by atoms with van der Waals surface area (Å²) in [7, 11) is 0. The van der Waals surface area contributed by atoms with Gasteiger partial charge in [-0.2, -0.15) is 0 Å². The Morgan fingerprint density at radius 3 is 2.25 bits per heavy atom. The molecular formula is C19H16N2O2S. The maximum Gasteiger partial charge on any atom is 0.268 e. The lowest BCUT2D eigenvalue weighted by molar-refractivity contribution is 0.100. The van der Waals surface area contributed by atoms with Gasteiger partial charge in [0.2, 0.25) is 0 Å². The minimum absolute atomic E-state index is 0.00180. The average Bonchev–Trinajstić information content (AvgIpc) is 3.04. The van der Waals surface area contributed by atoms with Crippen molar-refractivity contribution in [2.75, 3.05) is 4.90 Å². The quantitative estimate of drug-likeness (QED) is 0.737. The van der Waals surface area contributed by atoms with Gasteiger partial charge in [-0.1, -0.05) is 48.5 Å². The molecule has 2 aromatic carbocycles. The van der Waals surface area contributed by atoms with Crippen molar-refractivity contribution in [3.8, 4) is 0 Å². The number of thiocarbonyl (C=S) groups is 1. The third kappa shape index (κ3) is 3.36. The van der Waals surface area contributed by atoms with Gasteiger partial charge in [-0.05, 0) is 36.0 Å². The summed E-state index contributed by atoms with van der Waals surface area (Å²) >= 11 is 5.07. The van der Waals surface area contributed by atoms with Gasteiger partial charge in [-0.3, -0.25) is 9.69 Å². The fourth-order valence-corrected chi connectivity index (χ4v) is 2.68. The summed E-state index contributed by atoms with van der Waals surface area (Å²) in [6, 6.07) is 20.6. The van der Waals surface area contributed by atoms with Gasteiger partial charge in [-0.25, -0.2) is 0 Å². The SMILES string of the molecule is NC(=S)N(C(=O)c1ccoc1Cc1ccccc1)c1ccccc1. The number of nitrogens with zero attached hydrogens (tertiary/aromatic N) is 1. The molecule has 0 saturated heterocycles. The summed E-state index contributed by atoms with van der Waals surface area (Å²) in [5.74, 6) is 0.289. The maximum absolute atomic E-state index is 13.0. The topological polar surface area (TPSA) is 59.5 Å². The minimum Gasteiger partial charge on any atom is -0.468 e. The molecule has 0 radical (unpaired) electrons. The van der Waals surface area contributed by atoms with E-state index in [1.165, 1.54) is 11.2 Å². The van der Waals surface area contributed by atoms with Crippen molar-refractivity contribution in [1.82, 2.24) is 0 Å². The van der Waals surface area contributed by atoms with E-state index in [0.717, 1.165) is 5.56 Å². The van der Waals surface area contributed by atoms with E-state index in [1.54, 1.807) is 18.2 Å². The van der Waals surface area contributed by atoms with E-state index in [4.69, 9.17) is 22.4 Å². The normalized spacial score (nSPS) is 10.3. The predicted octanol–water partition coefficient (Wildman–Crippen LogP) is 3.76. The number of amides is 1. The Kier molecular flexibility index (Phi) is 4.72. The van der Waals surface area contributed by atoms with Crippen LogP contribution in [0.1, 0.15) is 21.7 Å². The largest absolute Gasteiger partial charge is 0.468 e. The third-order valence-corrected chi connectivity index (χ3v) is 3.80. The number of nitrogens with two attached hydrogens (primary N) is 1. The highest BCUT2D eigenvalue weighted by Crippen LogP contribution is 2.21. The van der Waals surface area contributed by atoms with Crippen LogP contribution in [0.3, 0.4) is 0 Å². The van der Waals surface area contributed by atoms with Gasteiger partial charge >= 0.3 is 0 Å². The molecule has 0 aliphatic heterocycles. The highest BCUT2D eigenvalue weighted by atomic mass is 32.1. The smallest absolute Gasteiger partial charge is 0.268 e. The van der Waals surface area contributed by atoms with Gasteiger partial charge in [0.05, 0.1) is 17.5 Å². The molecule has 24 heavy (non-hydrogen) atoms. The molecule has 1 amide bonds. The lowest BCUT2D eigenvalue weighted by Gasteiger charge is -2.20. The average molecular weight is 336 g/mol. The van der Waals surface area contributed by atoms with Crippen molar-refractivity contribution < 1.29 is 9.21 Å². The molecule has 0 saturated carbocycles. The van der Waals surface area contributed by atoms with Crippen LogP contribution >= 0.6 is 12.2 Å². The summed E-state index contributed by atoms with van der Waals surface area (Å²) in [5.41, 5.74) is 7.92. The van der Waals surface area contributed by atoms with E-state index < -0.39 is 0 Å². The number of rotatable bonds is 4. The molecule has 3 aromatic rings. The van der Waals surface area contributed by atoms with E-state index >= 15 is 0 Å². The van der Waals surface area contributed by atoms with Gasteiger partial charge < -0.3 is 10.2 Å². The van der Waals surface area contributed by atoms with Crippen molar-refractivity contribution in [3.05, 3.63) is 89.9 Å². The molecule has 0 fully saturated rings. The van der Waals surface area contributed by atoms with Crippen LogP contribution in [-0.2, 0) is 6.42 Å². The molecule has 0 aliphatic rings. The zero-order valence-corrected chi connectivity index (χ0v) is 13.7. The molecule has 0 unspecified atom stereocenters. The Morgan fingerprint density at radius 2 is 1.62 bits per heavy atom. The first kappa shape index (κ1) is 16.0. The summed E-state index contributed by atoms with van der Waals surface area (Å²) in [6.45, 7) is 0. The molecule has 0 atom stereocenters. The van der Waals surface area contributed by atoms with E-state index in [9.17, 15) is 4.79 Å². The Bertz CT molecular complexity index is 844. The number of carbonyl (C=O) groups is 1. The number of anilines is 1. The van der Waals surface area contributed by atoms with Crippen LogP contribution in [0.15, 0.2) is 77.4 Å². The highest BCUT2D eigenvalue weighted by molar-refractivity contribution is 7.80. The third-order valence-electron chi connectivity index (χ3n) is 3.62. The Morgan fingerprint density at radius 1 is 1.00 bits per heavy atom. The second-order valence-corrected chi connectivity index (χ2v) is 5.65. The molecular weight excluding hydrogens is 320 g/mol. The maximum atomic E-state index is 13.0. The molecule has 0 spiro atoms. The molecule has 3 rings (SSSR count). The summed E-state index contributed by atoms with van der Waals surface area (Å²) in [4.78, 5) is 14.3. The number of carbonyl (C=O) groups excluding carboxylic acids is 1. The second kappa shape index (κ2) is 7.10. The number of para-hydroxylation sites is 1. The lowest BCUT2D eigenvalue weighted by atomic mass is 10.1. The highest BCUT2D eigenvalue weighted by Gasteiger charge is 2.24. The van der Waals surface area contributed by atoms with Crippen LogP contribution < -0.4 is 10.6 Å². The molecule has 4 nitrogen and oxygen atoms in total.